The number of aliphatic hydroxyl groups is 1. The monoisotopic (exact) mass is 451 g/mol. The van der Waals surface area contributed by atoms with Gasteiger partial charge in [0, 0.05) is 44.3 Å². The Labute approximate surface area is 194 Å². The molecule has 5 N–H and O–H groups in total. The largest absolute Gasteiger partial charge is 0.493 e. The highest BCUT2D eigenvalue weighted by Crippen LogP contribution is 2.22. The smallest absolute Gasteiger partial charge is 0.255 e. The lowest BCUT2D eigenvalue weighted by molar-refractivity contribution is 0.00222. The minimum atomic E-state index is -0.888. The van der Waals surface area contributed by atoms with E-state index in [4.69, 9.17) is 15.2 Å². The van der Waals surface area contributed by atoms with Gasteiger partial charge in [-0.15, -0.1) is 0 Å². The van der Waals surface area contributed by atoms with Crippen LogP contribution in [0.25, 0.3) is 0 Å². The van der Waals surface area contributed by atoms with E-state index in [2.05, 4.69) is 31.4 Å². The van der Waals surface area contributed by atoms with Crippen molar-refractivity contribution in [3.63, 3.8) is 0 Å². The van der Waals surface area contributed by atoms with Crippen LogP contribution in [-0.4, -0.2) is 61.6 Å². The van der Waals surface area contributed by atoms with Crippen molar-refractivity contribution in [2.75, 3.05) is 33.4 Å². The van der Waals surface area contributed by atoms with Crippen molar-refractivity contribution in [2.45, 2.75) is 77.5 Å². The van der Waals surface area contributed by atoms with Gasteiger partial charge in [-0.1, -0.05) is 12.1 Å². The zero-order valence-electron chi connectivity index (χ0n) is 20.9. The Morgan fingerprint density at radius 2 is 1.75 bits per heavy atom. The summed E-state index contributed by atoms with van der Waals surface area (Å²) >= 11 is 0. The third-order valence-electron chi connectivity index (χ3n) is 5.41. The molecule has 1 rings (SSSR count). The van der Waals surface area contributed by atoms with E-state index < -0.39 is 5.60 Å². The van der Waals surface area contributed by atoms with Crippen molar-refractivity contribution >= 4 is 5.91 Å². The van der Waals surface area contributed by atoms with Crippen LogP contribution < -0.4 is 21.1 Å². The first-order valence-electron chi connectivity index (χ1n) is 11.7. The first-order valence-corrected chi connectivity index (χ1v) is 11.7. The number of nitrogens with two attached hydrogens (primary N) is 1. The predicted octanol–water partition coefficient (Wildman–Crippen LogP) is 3.10. The summed E-state index contributed by atoms with van der Waals surface area (Å²) < 4.78 is 10.8. The summed E-state index contributed by atoms with van der Waals surface area (Å²) in [5.74, 6) is 0.346. The number of nitrogens with one attached hydrogen (secondary N) is 2. The molecular weight excluding hydrogens is 406 g/mol. The maximum absolute atomic E-state index is 12.7. The molecule has 0 fully saturated rings. The van der Waals surface area contributed by atoms with E-state index in [0.29, 0.717) is 44.0 Å². The van der Waals surface area contributed by atoms with Gasteiger partial charge in [0.05, 0.1) is 17.8 Å². The molecule has 0 spiro atoms. The lowest BCUT2D eigenvalue weighted by Gasteiger charge is -2.36. The average Bonchev–Trinajstić information content (AvgIpc) is 2.69. The molecule has 0 radical (unpaired) electrons. The van der Waals surface area contributed by atoms with Gasteiger partial charge in [0.15, 0.2) is 0 Å². The Bertz CT molecular complexity index is 668. The van der Waals surface area contributed by atoms with Crippen LogP contribution in [0.2, 0.25) is 0 Å². The molecule has 1 aromatic rings. The molecule has 0 aliphatic rings. The standard InChI is InChI=1S/C25H45N3O4/c1-24(2,3)28-18-20(25(4,5)30)21(26)13-11-15-27-23(29)19-12-7-8-14-22(19)32-17-10-9-16-31-6/h7-8,12,14,20-21,28,30H,9-11,13,15-18,26H2,1-6H3,(H,27,29). The second-order valence-electron chi connectivity index (χ2n) is 10.00. The lowest BCUT2D eigenvalue weighted by Crippen LogP contribution is -2.52. The molecule has 2 atom stereocenters. The molecule has 1 amide bonds. The van der Waals surface area contributed by atoms with Gasteiger partial charge in [-0.25, -0.2) is 0 Å². The van der Waals surface area contributed by atoms with Crippen molar-refractivity contribution < 1.29 is 19.4 Å². The van der Waals surface area contributed by atoms with Gasteiger partial charge in [0.1, 0.15) is 5.75 Å². The highest BCUT2D eigenvalue weighted by Gasteiger charge is 2.32. The number of carbonyl (C=O) groups is 1. The third kappa shape index (κ3) is 11.3. The molecule has 184 valence electrons. The van der Waals surface area contributed by atoms with Crippen LogP contribution in [-0.2, 0) is 4.74 Å². The Hall–Kier alpha value is -1.67. The van der Waals surface area contributed by atoms with E-state index in [0.717, 1.165) is 19.3 Å². The van der Waals surface area contributed by atoms with Gasteiger partial charge in [0.25, 0.3) is 5.91 Å². The second-order valence-corrected chi connectivity index (χ2v) is 10.00. The van der Waals surface area contributed by atoms with Gasteiger partial charge in [-0.3, -0.25) is 4.79 Å². The summed E-state index contributed by atoms with van der Waals surface area (Å²) in [4.78, 5) is 12.7. The number of ether oxygens (including phenoxy) is 2. The molecule has 0 aromatic heterocycles. The van der Waals surface area contributed by atoms with Crippen molar-refractivity contribution in [2.24, 2.45) is 11.7 Å². The molecule has 7 heteroatoms. The van der Waals surface area contributed by atoms with Crippen LogP contribution in [0.3, 0.4) is 0 Å². The van der Waals surface area contributed by atoms with E-state index in [9.17, 15) is 9.90 Å². The normalized spacial score (nSPS) is 14.1. The minimum Gasteiger partial charge on any atom is -0.493 e. The van der Waals surface area contributed by atoms with Crippen molar-refractivity contribution in [3.05, 3.63) is 29.8 Å². The van der Waals surface area contributed by atoms with Gasteiger partial charge < -0.3 is 30.9 Å². The molecule has 32 heavy (non-hydrogen) atoms. The minimum absolute atomic E-state index is 0.0452. The van der Waals surface area contributed by atoms with Crippen LogP contribution in [0, 0.1) is 5.92 Å². The number of para-hydroxylation sites is 1. The number of benzene rings is 1. The Morgan fingerprint density at radius 1 is 1.09 bits per heavy atom. The molecule has 0 saturated heterocycles. The van der Waals surface area contributed by atoms with Crippen LogP contribution >= 0.6 is 0 Å². The lowest BCUT2D eigenvalue weighted by atomic mass is 9.82. The summed E-state index contributed by atoms with van der Waals surface area (Å²) in [6.07, 6.45) is 3.23. The van der Waals surface area contributed by atoms with E-state index >= 15 is 0 Å². The van der Waals surface area contributed by atoms with E-state index in [1.165, 1.54) is 0 Å². The van der Waals surface area contributed by atoms with Crippen LogP contribution in [0.15, 0.2) is 24.3 Å². The van der Waals surface area contributed by atoms with Crippen molar-refractivity contribution in [3.8, 4) is 5.75 Å². The van der Waals surface area contributed by atoms with Gasteiger partial charge in [0.2, 0.25) is 0 Å². The predicted molar refractivity (Wildman–Crippen MR) is 130 cm³/mol. The van der Waals surface area contributed by atoms with E-state index in [1.54, 1.807) is 27.0 Å². The highest BCUT2D eigenvalue weighted by atomic mass is 16.5. The summed E-state index contributed by atoms with van der Waals surface area (Å²) in [5, 5.41) is 17.0. The fourth-order valence-corrected chi connectivity index (χ4v) is 3.49. The molecule has 7 nitrogen and oxygen atoms in total. The number of hydrogen-bond donors (Lipinski definition) is 4. The maximum Gasteiger partial charge on any atom is 0.255 e. The molecule has 0 saturated carbocycles. The van der Waals surface area contributed by atoms with E-state index in [1.807, 2.05) is 18.2 Å². The van der Waals surface area contributed by atoms with Gasteiger partial charge in [-0.05, 0) is 72.4 Å². The third-order valence-corrected chi connectivity index (χ3v) is 5.41. The molecule has 0 aliphatic heterocycles. The first-order chi connectivity index (χ1) is 15.0. The molecule has 0 aliphatic carbocycles. The Morgan fingerprint density at radius 3 is 2.38 bits per heavy atom. The molecule has 0 bridgehead atoms. The molecule has 2 unspecified atom stereocenters. The van der Waals surface area contributed by atoms with Crippen LogP contribution in [0.5, 0.6) is 5.75 Å². The van der Waals surface area contributed by atoms with Crippen molar-refractivity contribution in [1.82, 2.24) is 10.6 Å². The van der Waals surface area contributed by atoms with E-state index in [-0.39, 0.29) is 23.4 Å². The maximum atomic E-state index is 12.7. The number of amides is 1. The first kappa shape index (κ1) is 28.4. The summed E-state index contributed by atoms with van der Waals surface area (Å²) in [7, 11) is 1.68. The zero-order chi connectivity index (χ0) is 24.2. The number of hydrogen-bond acceptors (Lipinski definition) is 6. The zero-order valence-corrected chi connectivity index (χ0v) is 20.9. The number of methoxy groups -OCH3 is 1. The highest BCUT2D eigenvalue weighted by molar-refractivity contribution is 5.96. The van der Waals surface area contributed by atoms with Gasteiger partial charge in [-0.2, -0.15) is 0 Å². The Balaban J connectivity index is 2.51. The second kappa shape index (κ2) is 13.8. The summed E-state index contributed by atoms with van der Waals surface area (Å²) in [6.45, 7) is 12.3. The fraction of sp³-hybridized carbons (Fsp3) is 0.720. The van der Waals surface area contributed by atoms with Gasteiger partial charge >= 0.3 is 0 Å². The Kier molecular flexibility index (Phi) is 12.2. The summed E-state index contributed by atoms with van der Waals surface area (Å²) in [5.41, 5.74) is 6.03. The van der Waals surface area contributed by atoms with Crippen LogP contribution in [0.4, 0.5) is 0 Å². The SMILES string of the molecule is COCCCCOc1ccccc1C(=O)NCCCC(N)C(CNC(C)(C)C)C(C)(C)O. The molecule has 0 heterocycles. The number of carbonyl (C=O) groups excluding carboxylic acids is 1. The molecular formula is C25H45N3O4. The topological polar surface area (TPSA) is 106 Å². The quantitative estimate of drug-likeness (QED) is 0.305. The fourth-order valence-electron chi connectivity index (χ4n) is 3.49. The number of unbranched alkanes of at least 4 members (excludes halogenated alkanes) is 1. The number of rotatable bonds is 15. The molecule has 1 aromatic carbocycles. The van der Waals surface area contributed by atoms with Crippen molar-refractivity contribution in [1.29, 1.82) is 0 Å². The average molecular weight is 452 g/mol. The summed E-state index contributed by atoms with van der Waals surface area (Å²) in [6, 6.07) is 7.11. The van der Waals surface area contributed by atoms with Crippen LogP contribution in [0.1, 0.15) is 70.7 Å².